The summed E-state index contributed by atoms with van der Waals surface area (Å²) in [5.41, 5.74) is -0.925. The summed E-state index contributed by atoms with van der Waals surface area (Å²) in [4.78, 5) is 13.8. The molecule has 1 N–H and O–H groups in total. The number of ether oxygens (including phenoxy) is 1. The number of hydrogen-bond acceptors (Lipinski definition) is 3. The van der Waals surface area contributed by atoms with E-state index in [9.17, 15) is 18.0 Å². The Morgan fingerprint density at radius 3 is 2.56 bits per heavy atom. The van der Waals surface area contributed by atoms with Crippen LogP contribution in [0.5, 0.6) is 0 Å². The van der Waals surface area contributed by atoms with Crippen molar-refractivity contribution in [2.24, 2.45) is 0 Å². The number of likely N-dealkylation sites (tertiary alicyclic amines) is 1. The van der Waals surface area contributed by atoms with Gasteiger partial charge < -0.3 is 15.0 Å². The van der Waals surface area contributed by atoms with Gasteiger partial charge in [0.05, 0.1) is 5.56 Å². The van der Waals surface area contributed by atoms with Crippen LogP contribution < -0.4 is 5.32 Å². The minimum Gasteiger partial charge on any atom is -0.444 e. The molecule has 1 aromatic carbocycles. The summed E-state index contributed by atoms with van der Waals surface area (Å²) < 4.78 is 44.5. The molecule has 25 heavy (non-hydrogen) atoms. The summed E-state index contributed by atoms with van der Waals surface area (Å²) >= 11 is 3.11. The zero-order valence-corrected chi connectivity index (χ0v) is 16.0. The average molecular weight is 423 g/mol. The highest BCUT2D eigenvalue weighted by Gasteiger charge is 2.32. The second kappa shape index (κ2) is 7.43. The molecule has 0 aliphatic carbocycles. The van der Waals surface area contributed by atoms with Crippen LogP contribution in [0.2, 0.25) is 0 Å². The van der Waals surface area contributed by atoms with E-state index in [0.29, 0.717) is 23.2 Å². The maximum Gasteiger partial charge on any atom is 0.416 e. The number of nitrogens with one attached hydrogen (secondary N) is 1. The fourth-order valence-electron chi connectivity index (χ4n) is 2.66. The molecule has 1 saturated heterocycles. The van der Waals surface area contributed by atoms with Gasteiger partial charge in [-0.05, 0) is 51.8 Å². The monoisotopic (exact) mass is 422 g/mol. The molecule has 1 atom stereocenters. The summed E-state index contributed by atoms with van der Waals surface area (Å²) in [6.07, 6.45) is -3.27. The number of anilines is 1. The Morgan fingerprint density at radius 2 is 1.96 bits per heavy atom. The van der Waals surface area contributed by atoms with Crippen LogP contribution in [-0.2, 0) is 10.9 Å². The number of hydrogen-bond donors (Lipinski definition) is 1. The molecule has 1 fully saturated rings. The van der Waals surface area contributed by atoms with Gasteiger partial charge in [-0.2, -0.15) is 13.2 Å². The molecule has 0 spiro atoms. The smallest absolute Gasteiger partial charge is 0.416 e. The molecule has 1 aliphatic heterocycles. The van der Waals surface area contributed by atoms with Crippen molar-refractivity contribution in [2.75, 3.05) is 18.4 Å². The first-order valence-electron chi connectivity index (χ1n) is 8.06. The van der Waals surface area contributed by atoms with Gasteiger partial charge in [0, 0.05) is 29.3 Å². The summed E-state index contributed by atoms with van der Waals surface area (Å²) in [6, 6.07) is 3.59. The normalized spacial score (nSPS) is 18.8. The fraction of sp³-hybridized carbons (Fsp3) is 0.588. The van der Waals surface area contributed by atoms with Gasteiger partial charge in [0.15, 0.2) is 0 Å². The number of nitrogens with zero attached hydrogens (tertiary/aromatic N) is 1. The molecule has 0 radical (unpaired) electrons. The van der Waals surface area contributed by atoms with Crippen molar-refractivity contribution in [1.82, 2.24) is 4.90 Å². The van der Waals surface area contributed by atoms with E-state index in [4.69, 9.17) is 4.74 Å². The first-order valence-corrected chi connectivity index (χ1v) is 8.85. The number of benzene rings is 1. The average Bonchev–Trinajstić information content (AvgIpc) is 2.44. The van der Waals surface area contributed by atoms with E-state index < -0.39 is 23.4 Å². The summed E-state index contributed by atoms with van der Waals surface area (Å²) in [7, 11) is 0. The quantitative estimate of drug-likeness (QED) is 0.704. The van der Waals surface area contributed by atoms with E-state index in [1.165, 1.54) is 0 Å². The third-order valence-corrected chi connectivity index (χ3v) is 4.13. The molecule has 8 heteroatoms. The molecular weight excluding hydrogens is 401 g/mol. The largest absolute Gasteiger partial charge is 0.444 e. The zero-order chi connectivity index (χ0) is 18.8. The van der Waals surface area contributed by atoms with E-state index >= 15 is 0 Å². The van der Waals surface area contributed by atoms with Crippen LogP contribution in [0.15, 0.2) is 22.7 Å². The van der Waals surface area contributed by atoms with Gasteiger partial charge in [-0.3, -0.25) is 0 Å². The van der Waals surface area contributed by atoms with Crippen LogP contribution in [0.1, 0.15) is 39.2 Å². The lowest BCUT2D eigenvalue weighted by Gasteiger charge is -2.35. The number of carbonyl (C=O) groups is 1. The predicted molar refractivity (Wildman–Crippen MR) is 93.6 cm³/mol. The van der Waals surface area contributed by atoms with Crippen LogP contribution in [0.4, 0.5) is 23.7 Å². The van der Waals surface area contributed by atoms with E-state index in [0.717, 1.165) is 25.0 Å². The van der Waals surface area contributed by atoms with Crippen molar-refractivity contribution in [3.63, 3.8) is 0 Å². The number of rotatable bonds is 2. The number of alkyl halides is 3. The van der Waals surface area contributed by atoms with Crippen molar-refractivity contribution < 1.29 is 22.7 Å². The number of halogens is 4. The van der Waals surface area contributed by atoms with Crippen molar-refractivity contribution in [2.45, 2.75) is 51.4 Å². The van der Waals surface area contributed by atoms with Gasteiger partial charge >= 0.3 is 12.3 Å². The third-order valence-electron chi connectivity index (χ3n) is 3.67. The third kappa shape index (κ3) is 6.09. The lowest BCUT2D eigenvalue weighted by Crippen LogP contribution is -2.47. The van der Waals surface area contributed by atoms with Gasteiger partial charge in [0.1, 0.15) is 5.60 Å². The molecule has 4 nitrogen and oxygen atoms in total. The van der Waals surface area contributed by atoms with Gasteiger partial charge in [-0.25, -0.2) is 4.79 Å². The predicted octanol–water partition coefficient (Wildman–Crippen LogP) is 5.28. The van der Waals surface area contributed by atoms with Crippen molar-refractivity contribution >= 4 is 27.7 Å². The highest BCUT2D eigenvalue weighted by Crippen LogP contribution is 2.34. The fourth-order valence-corrected chi connectivity index (χ4v) is 3.15. The van der Waals surface area contributed by atoms with Crippen molar-refractivity contribution in [1.29, 1.82) is 0 Å². The van der Waals surface area contributed by atoms with Crippen LogP contribution in [0, 0.1) is 0 Å². The van der Waals surface area contributed by atoms with Gasteiger partial charge in [0.2, 0.25) is 0 Å². The van der Waals surface area contributed by atoms with E-state index in [1.54, 1.807) is 31.7 Å². The minimum absolute atomic E-state index is 0.128. The Bertz CT molecular complexity index is 629. The molecule has 1 aromatic rings. The second-order valence-electron chi connectivity index (χ2n) is 7.14. The van der Waals surface area contributed by atoms with E-state index in [2.05, 4.69) is 21.2 Å². The second-order valence-corrected chi connectivity index (χ2v) is 8.05. The first kappa shape index (κ1) is 19.9. The molecule has 1 heterocycles. The highest BCUT2D eigenvalue weighted by atomic mass is 79.9. The Labute approximate surface area is 153 Å². The molecule has 2 rings (SSSR count). The Balaban J connectivity index is 2.05. The number of carbonyl (C=O) groups excluding carboxylic acids is 1. The van der Waals surface area contributed by atoms with Crippen LogP contribution in [0.3, 0.4) is 0 Å². The number of amides is 1. The molecule has 0 aromatic heterocycles. The van der Waals surface area contributed by atoms with Crippen molar-refractivity contribution in [3.05, 3.63) is 28.2 Å². The van der Waals surface area contributed by atoms with E-state index in [1.807, 2.05) is 0 Å². The van der Waals surface area contributed by atoms with Gasteiger partial charge in [-0.1, -0.05) is 15.9 Å². The van der Waals surface area contributed by atoms with Crippen LogP contribution in [0.25, 0.3) is 0 Å². The lowest BCUT2D eigenvalue weighted by molar-refractivity contribution is -0.137. The van der Waals surface area contributed by atoms with Crippen molar-refractivity contribution in [3.8, 4) is 0 Å². The molecule has 0 unspecified atom stereocenters. The summed E-state index contributed by atoms with van der Waals surface area (Å²) in [5, 5.41) is 3.10. The molecule has 0 bridgehead atoms. The van der Waals surface area contributed by atoms with E-state index in [-0.39, 0.29) is 6.04 Å². The Morgan fingerprint density at radius 1 is 1.28 bits per heavy atom. The summed E-state index contributed by atoms with van der Waals surface area (Å²) in [6.45, 7) is 6.36. The topological polar surface area (TPSA) is 41.6 Å². The molecule has 0 saturated carbocycles. The van der Waals surface area contributed by atoms with Crippen LogP contribution in [-0.4, -0.2) is 35.7 Å². The molecular formula is C17H22BrF3N2O2. The highest BCUT2D eigenvalue weighted by molar-refractivity contribution is 9.10. The maximum atomic E-state index is 12.9. The maximum absolute atomic E-state index is 12.9. The molecule has 140 valence electrons. The lowest BCUT2D eigenvalue weighted by atomic mass is 10.1. The van der Waals surface area contributed by atoms with Gasteiger partial charge in [0.25, 0.3) is 0 Å². The SMILES string of the molecule is CC(C)(C)OC(=O)N1CCC[C@@H](Nc2cc(Br)cc(C(F)(F)F)c2)C1. The molecule has 1 aliphatic rings. The number of piperidine rings is 1. The van der Waals surface area contributed by atoms with Crippen LogP contribution >= 0.6 is 15.9 Å². The standard InChI is InChI=1S/C17H22BrF3N2O2/c1-16(2,3)25-15(24)23-6-4-5-13(10-23)22-14-8-11(17(19,20)21)7-12(18)9-14/h7-9,13,22H,4-6,10H2,1-3H3/t13-/m1/s1. The minimum atomic E-state index is -4.41. The summed E-state index contributed by atoms with van der Waals surface area (Å²) in [5.74, 6) is 0. The Kier molecular flexibility index (Phi) is 5.91. The first-order chi connectivity index (χ1) is 11.4. The molecule has 1 amide bonds. The Hall–Kier alpha value is -1.44. The van der Waals surface area contributed by atoms with Gasteiger partial charge in [-0.15, -0.1) is 0 Å². The zero-order valence-electron chi connectivity index (χ0n) is 14.4.